The van der Waals surface area contributed by atoms with E-state index in [1.165, 1.54) is 11.8 Å². The smallest absolute Gasteiger partial charge is 0.137 e. The van der Waals surface area contributed by atoms with Crippen molar-refractivity contribution in [1.82, 2.24) is 10.3 Å². The van der Waals surface area contributed by atoms with Gasteiger partial charge in [-0.1, -0.05) is 23.9 Å². The molecule has 0 spiro atoms. The molecule has 0 aliphatic rings. The molecule has 0 aliphatic heterocycles. The maximum atomic E-state index is 13.8. The summed E-state index contributed by atoms with van der Waals surface area (Å²) in [5, 5.41) is 3.79. The number of halogens is 1. The molecule has 0 saturated heterocycles. The summed E-state index contributed by atoms with van der Waals surface area (Å²) in [5.74, 6) is -0.201. The normalized spacial score (nSPS) is 10.5. The quantitative estimate of drug-likeness (QED) is 0.900. The highest BCUT2D eigenvalue weighted by molar-refractivity contribution is 7.99. The molecule has 88 valence electrons. The van der Waals surface area contributed by atoms with Crippen molar-refractivity contribution < 1.29 is 4.39 Å². The van der Waals surface area contributed by atoms with E-state index in [-0.39, 0.29) is 5.82 Å². The Morgan fingerprint density at radius 1 is 1.29 bits per heavy atom. The van der Waals surface area contributed by atoms with Gasteiger partial charge in [0.25, 0.3) is 0 Å². The molecule has 1 N–H and O–H groups in total. The number of benzene rings is 1. The molecule has 0 amide bonds. The molecular weight excluding hydrogens is 235 g/mol. The van der Waals surface area contributed by atoms with Gasteiger partial charge in [-0.15, -0.1) is 0 Å². The third-order valence-corrected chi connectivity index (χ3v) is 3.23. The van der Waals surface area contributed by atoms with Crippen LogP contribution < -0.4 is 5.32 Å². The Bertz CT molecular complexity index is 488. The lowest BCUT2D eigenvalue weighted by Crippen LogP contribution is -2.05. The highest BCUT2D eigenvalue weighted by atomic mass is 32.2. The number of nitrogens with one attached hydrogen (secondary N) is 1. The van der Waals surface area contributed by atoms with E-state index in [2.05, 4.69) is 10.3 Å². The first-order valence-electron chi connectivity index (χ1n) is 5.31. The van der Waals surface area contributed by atoms with Gasteiger partial charge in [0.05, 0.1) is 0 Å². The summed E-state index contributed by atoms with van der Waals surface area (Å²) in [7, 11) is 1.84. The lowest BCUT2D eigenvalue weighted by molar-refractivity contribution is 0.598. The topological polar surface area (TPSA) is 24.9 Å². The summed E-state index contributed by atoms with van der Waals surface area (Å²) in [5.41, 5.74) is 0.940. The fraction of sp³-hybridized carbons (Fsp3) is 0.154. The molecule has 0 fully saturated rings. The Morgan fingerprint density at radius 2 is 2.18 bits per heavy atom. The molecule has 0 radical (unpaired) electrons. The van der Waals surface area contributed by atoms with Crippen LogP contribution in [0.2, 0.25) is 0 Å². The van der Waals surface area contributed by atoms with E-state index in [9.17, 15) is 4.39 Å². The predicted octanol–water partition coefficient (Wildman–Crippen LogP) is 3.09. The number of nitrogens with zero attached hydrogens (tertiary/aromatic N) is 1. The third kappa shape index (κ3) is 3.28. The molecular formula is C13H13FN2S. The molecule has 0 bridgehead atoms. The largest absolute Gasteiger partial charge is 0.316 e. The molecule has 0 unspecified atom stereocenters. The minimum Gasteiger partial charge on any atom is -0.316 e. The fourth-order valence-electron chi connectivity index (χ4n) is 1.46. The highest BCUT2D eigenvalue weighted by Crippen LogP contribution is 2.28. The lowest BCUT2D eigenvalue weighted by Gasteiger charge is -2.05. The summed E-state index contributed by atoms with van der Waals surface area (Å²) >= 11 is 1.33. The minimum atomic E-state index is -0.201. The van der Waals surface area contributed by atoms with Crippen molar-refractivity contribution in [1.29, 1.82) is 0 Å². The first-order chi connectivity index (χ1) is 8.29. The molecule has 0 saturated carbocycles. The van der Waals surface area contributed by atoms with Crippen molar-refractivity contribution in [3.63, 3.8) is 0 Å². The monoisotopic (exact) mass is 248 g/mol. The first kappa shape index (κ1) is 12.1. The van der Waals surface area contributed by atoms with Crippen molar-refractivity contribution in [2.75, 3.05) is 7.05 Å². The summed E-state index contributed by atoms with van der Waals surface area (Å²) in [6.45, 7) is 0.672. The average molecular weight is 248 g/mol. The second kappa shape index (κ2) is 5.80. The molecule has 0 aliphatic carbocycles. The van der Waals surface area contributed by atoms with Gasteiger partial charge in [-0.25, -0.2) is 9.37 Å². The van der Waals surface area contributed by atoms with Gasteiger partial charge in [-0.3, -0.25) is 0 Å². The maximum absolute atomic E-state index is 13.8. The van der Waals surface area contributed by atoms with Crippen molar-refractivity contribution >= 4 is 11.8 Å². The van der Waals surface area contributed by atoms with Gasteiger partial charge in [-0.2, -0.15) is 0 Å². The third-order valence-electron chi connectivity index (χ3n) is 2.23. The van der Waals surface area contributed by atoms with Crippen LogP contribution in [-0.2, 0) is 6.54 Å². The molecule has 1 aromatic heterocycles. The molecule has 2 nitrogen and oxygen atoms in total. The first-order valence-corrected chi connectivity index (χ1v) is 6.13. The Balaban J connectivity index is 2.17. The number of aromatic nitrogens is 1. The zero-order valence-electron chi connectivity index (χ0n) is 9.48. The Hall–Kier alpha value is -1.39. The minimum absolute atomic E-state index is 0.201. The lowest BCUT2D eigenvalue weighted by atomic mass is 10.2. The second-order valence-corrected chi connectivity index (χ2v) is 4.63. The Labute approximate surface area is 104 Å². The van der Waals surface area contributed by atoms with Gasteiger partial charge in [0.2, 0.25) is 0 Å². The van der Waals surface area contributed by atoms with Crippen LogP contribution in [0.15, 0.2) is 52.5 Å². The van der Waals surface area contributed by atoms with Gasteiger partial charge in [0.1, 0.15) is 10.8 Å². The van der Waals surface area contributed by atoms with Crippen LogP contribution in [0.4, 0.5) is 4.39 Å². The van der Waals surface area contributed by atoms with Crippen molar-refractivity contribution in [3.8, 4) is 0 Å². The van der Waals surface area contributed by atoms with Gasteiger partial charge < -0.3 is 5.32 Å². The van der Waals surface area contributed by atoms with Crippen LogP contribution in [0.5, 0.6) is 0 Å². The second-order valence-electron chi connectivity index (χ2n) is 3.57. The summed E-state index contributed by atoms with van der Waals surface area (Å²) in [4.78, 5) is 4.76. The van der Waals surface area contributed by atoms with E-state index >= 15 is 0 Å². The van der Waals surface area contributed by atoms with E-state index in [0.717, 1.165) is 10.6 Å². The zero-order chi connectivity index (χ0) is 12.1. The zero-order valence-corrected chi connectivity index (χ0v) is 10.3. The maximum Gasteiger partial charge on any atom is 0.137 e. The average Bonchev–Trinajstić information content (AvgIpc) is 2.34. The van der Waals surface area contributed by atoms with Crippen LogP contribution >= 0.6 is 11.8 Å². The van der Waals surface area contributed by atoms with E-state index in [0.29, 0.717) is 11.4 Å². The molecule has 1 aromatic carbocycles. The number of hydrogen-bond acceptors (Lipinski definition) is 3. The predicted molar refractivity (Wildman–Crippen MR) is 67.5 cm³/mol. The Morgan fingerprint density at radius 3 is 2.82 bits per heavy atom. The van der Waals surface area contributed by atoms with Crippen molar-refractivity contribution in [3.05, 3.63) is 54.0 Å². The molecule has 2 aromatic rings. The summed E-state index contributed by atoms with van der Waals surface area (Å²) in [6, 6.07) is 10.9. The van der Waals surface area contributed by atoms with Crippen LogP contribution in [0.3, 0.4) is 0 Å². The highest BCUT2D eigenvalue weighted by Gasteiger charge is 2.05. The van der Waals surface area contributed by atoms with Crippen molar-refractivity contribution in [2.45, 2.75) is 16.5 Å². The molecule has 0 atom stereocenters. The van der Waals surface area contributed by atoms with Gasteiger partial charge in [0.15, 0.2) is 0 Å². The Kier molecular flexibility index (Phi) is 4.12. The van der Waals surface area contributed by atoms with E-state index in [4.69, 9.17) is 0 Å². The van der Waals surface area contributed by atoms with E-state index in [1.807, 2.05) is 31.3 Å². The van der Waals surface area contributed by atoms with Gasteiger partial charge in [0, 0.05) is 17.6 Å². The molecule has 17 heavy (non-hydrogen) atoms. The SMILES string of the molecule is CNCc1ccc(Sc2ccccn2)c(F)c1. The number of hydrogen-bond donors (Lipinski definition) is 1. The van der Waals surface area contributed by atoms with Crippen LogP contribution in [0, 0.1) is 5.82 Å². The van der Waals surface area contributed by atoms with Gasteiger partial charge in [-0.05, 0) is 36.9 Å². The van der Waals surface area contributed by atoms with Crippen LogP contribution in [0.1, 0.15) is 5.56 Å². The van der Waals surface area contributed by atoms with Gasteiger partial charge >= 0.3 is 0 Å². The number of rotatable bonds is 4. The standard InChI is InChI=1S/C13H13FN2S/c1-15-9-10-5-6-12(11(14)8-10)17-13-4-2-3-7-16-13/h2-8,15H,9H2,1H3. The van der Waals surface area contributed by atoms with Crippen LogP contribution in [-0.4, -0.2) is 12.0 Å². The van der Waals surface area contributed by atoms with E-state index in [1.54, 1.807) is 18.3 Å². The fourth-order valence-corrected chi connectivity index (χ4v) is 2.24. The summed E-state index contributed by atoms with van der Waals surface area (Å²) < 4.78 is 13.8. The van der Waals surface area contributed by atoms with Crippen LogP contribution in [0.25, 0.3) is 0 Å². The molecule has 4 heteroatoms. The molecule has 1 heterocycles. The summed E-state index contributed by atoms with van der Waals surface area (Å²) in [6.07, 6.45) is 1.70. The van der Waals surface area contributed by atoms with E-state index < -0.39 is 0 Å². The van der Waals surface area contributed by atoms with Crippen molar-refractivity contribution in [2.24, 2.45) is 0 Å². The molecule has 2 rings (SSSR count). The number of pyridine rings is 1.